The molecular weight excluding hydrogens is 689 g/mol. The molecule has 0 fully saturated rings. The van der Waals surface area contributed by atoms with E-state index in [0.717, 1.165) is 71.2 Å². The SMILES string of the molecule is c1ccc(-c2nc(-c3cccc4oc5ccc(-c6ccc(-c7nc8ccccc8s7)cc6)cc5c34)nc(-c3cccc4sc5ccccc5c34)n2)cc1. The quantitative estimate of drug-likeness (QED) is 0.178. The predicted molar refractivity (Wildman–Crippen MR) is 220 cm³/mol. The molecule has 0 unspecified atom stereocenters. The van der Waals surface area contributed by atoms with Crippen LogP contribution < -0.4 is 0 Å². The van der Waals surface area contributed by atoms with Crippen LogP contribution in [0.2, 0.25) is 0 Å². The van der Waals surface area contributed by atoms with E-state index in [4.69, 9.17) is 24.4 Å². The first-order chi connectivity index (χ1) is 26.2. The maximum absolute atomic E-state index is 6.46. The van der Waals surface area contributed by atoms with Crippen molar-refractivity contribution < 1.29 is 4.42 Å². The highest BCUT2D eigenvalue weighted by Gasteiger charge is 2.20. The van der Waals surface area contributed by atoms with Gasteiger partial charge in [-0.1, -0.05) is 115 Å². The third kappa shape index (κ3) is 5.04. The van der Waals surface area contributed by atoms with E-state index >= 15 is 0 Å². The lowest BCUT2D eigenvalue weighted by atomic mass is 9.99. The van der Waals surface area contributed by atoms with Gasteiger partial charge in [0.15, 0.2) is 17.5 Å². The molecule has 5 nitrogen and oxygen atoms in total. The molecule has 4 heterocycles. The Labute approximate surface area is 311 Å². The van der Waals surface area contributed by atoms with Gasteiger partial charge in [0.05, 0.1) is 10.2 Å². The van der Waals surface area contributed by atoms with Gasteiger partial charge in [-0.3, -0.25) is 0 Å². The molecule has 0 radical (unpaired) electrons. The lowest BCUT2D eigenvalue weighted by molar-refractivity contribution is 0.669. The van der Waals surface area contributed by atoms with E-state index in [1.165, 1.54) is 19.5 Å². The highest BCUT2D eigenvalue weighted by Crippen LogP contribution is 2.42. The highest BCUT2D eigenvalue weighted by molar-refractivity contribution is 7.26. The molecule has 0 saturated carbocycles. The second kappa shape index (κ2) is 12.0. The van der Waals surface area contributed by atoms with Crippen LogP contribution in [0.25, 0.3) is 108 Å². The van der Waals surface area contributed by atoms with E-state index in [-0.39, 0.29) is 0 Å². The molecule has 0 N–H and O–H groups in total. The van der Waals surface area contributed by atoms with Crippen molar-refractivity contribution in [1.82, 2.24) is 19.9 Å². The summed E-state index contributed by atoms with van der Waals surface area (Å²) in [6.45, 7) is 0. The zero-order valence-corrected chi connectivity index (χ0v) is 29.7. The first-order valence-electron chi connectivity index (χ1n) is 17.4. The molecule has 0 aliphatic heterocycles. The molecule has 53 heavy (non-hydrogen) atoms. The number of para-hydroxylation sites is 1. The van der Waals surface area contributed by atoms with Crippen LogP contribution in [-0.4, -0.2) is 19.9 Å². The fraction of sp³-hybridized carbons (Fsp3) is 0. The average Bonchev–Trinajstić information content (AvgIpc) is 3.94. The normalized spacial score (nSPS) is 11.8. The van der Waals surface area contributed by atoms with Crippen LogP contribution >= 0.6 is 22.7 Å². The van der Waals surface area contributed by atoms with Crippen LogP contribution in [0.15, 0.2) is 162 Å². The maximum Gasteiger partial charge on any atom is 0.164 e. The standard InChI is InChI=1S/C46H26N4OS2/c1-2-10-28(11-3-1)43-48-44(50-45(49-43)33-14-9-19-40-42(33)31-12-4-6-17-38(31)52-40)32-13-8-16-37-41(32)34-26-30(24-25-36(34)51-37)27-20-22-29(23-21-27)46-47-35-15-5-7-18-39(35)53-46/h1-26H. The number of benzene rings is 7. The van der Waals surface area contributed by atoms with E-state index in [1.807, 2.05) is 48.5 Å². The van der Waals surface area contributed by atoms with Gasteiger partial charge in [0.1, 0.15) is 16.2 Å². The van der Waals surface area contributed by atoms with Crippen molar-refractivity contribution in [2.75, 3.05) is 0 Å². The monoisotopic (exact) mass is 714 g/mol. The van der Waals surface area contributed by atoms with Gasteiger partial charge in [0.25, 0.3) is 0 Å². The van der Waals surface area contributed by atoms with Gasteiger partial charge in [0.2, 0.25) is 0 Å². The van der Waals surface area contributed by atoms with Crippen LogP contribution in [0.3, 0.4) is 0 Å². The summed E-state index contributed by atoms with van der Waals surface area (Å²) in [5.74, 6) is 1.87. The predicted octanol–water partition coefficient (Wildman–Crippen LogP) is 13.1. The molecule has 0 spiro atoms. The van der Waals surface area contributed by atoms with Crippen LogP contribution in [-0.2, 0) is 0 Å². The van der Waals surface area contributed by atoms with Crippen molar-refractivity contribution in [1.29, 1.82) is 0 Å². The summed E-state index contributed by atoms with van der Waals surface area (Å²) >= 11 is 3.51. The number of fused-ring (bicyclic) bond motifs is 7. The summed E-state index contributed by atoms with van der Waals surface area (Å²) < 4.78 is 10.1. The molecule has 11 rings (SSSR count). The lowest BCUT2D eigenvalue weighted by Gasteiger charge is -2.10. The fourth-order valence-corrected chi connectivity index (χ4v) is 9.39. The Balaban J connectivity index is 1.07. The molecule has 248 valence electrons. The van der Waals surface area contributed by atoms with Crippen LogP contribution in [0.4, 0.5) is 0 Å². The van der Waals surface area contributed by atoms with Crippen LogP contribution in [0.1, 0.15) is 0 Å². The molecule has 11 aromatic rings. The van der Waals surface area contributed by atoms with Gasteiger partial charge in [-0.25, -0.2) is 19.9 Å². The Morgan fingerprint density at radius 1 is 0.377 bits per heavy atom. The Bertz CT molecular complexity index is 3150. The Morgan fingerprint density at radius 3 is 1.87 bits per heavy atom. The maximum atomic E-state index is 6.46. The number of thiazole rings is 1. The number of nitrogens with zero attached hydrogens (tertiary/aromatic N) is 4. The van der Waals surface area contributed by atoms with Crippen LogP contribution in [0.5, 0.6) is 0 Å². The highest BCUT2D eigenvalue weighted by atomic mass is 32.1. The van der Waals surface area contributed by atoms with E-state index in [1.54, 1.807) is 22.7 Å². The Morgan fingerprint density at radius 2 is 1.04 bits per heavy atom. The number of aromatic nitrogens is 4. The summed E-state index contributed by atoms with van der Waals surface area (Å²) in [6, 6.07) is 54.5. The second-order valence-corrected chi connectivity index (χ2v) is 15.1. The van der Waals surface area contributed by atoms with Crippen molar-refractivity contribution >= 4 is 75.0 Å². The number of hydrogen-bond acceptors (Lipinski definition) is 7. The molecular formula is C46H26N4OS2. The topological polar surface area (TPSA) is 64.7 Å². The minimum Gasteiger partial charge on any atom is -0.456 e. The molecule has 0 atom stereocenters. The number of rotatable bonds is 5. The Kier molecular flexibility index (Phi) is 6.83. The fourth-order valence-electron chi connectivity index (χ4n) is 7.29. The summed E-state index contributed by atoms with van der Waals surface area (Å²) in [5, 5.41) is 5.38. The van der Waals surface area contributed by atoms with E-state index in [0.29, 0.717) is 17.5 Å². The minimum absolute atomic E-state index is 0.601. The largest absolute Gasteiger partial charge is 0.456 e. The van der Waals surface area contributed by atoms with Gasteiger partial charge >= 0.3 is 0 Å². The molecule has 4 aromatic heterocycles. The number of furan rings is 1. The minimum atomic E-state index is 0.601. The van der Waals surface area contributed by atoms with Gasteiger partial charge in [-0.15, -0.1) is 22.7 Å². The third-order valence-corrected chi connectivity index (χ3v) is 12.0. The first-order valence-corrected chi connectivity index (χ1v) is 19.0. The zero-order chi connectivity index (χ0) is 34.9. The lowest BCUT2D eigenvalue weighted by Crippen LogP contribution is -2.00. The molecule has 7 heteroatoms. The summed E-state index contributed by atoms with van der Waals surface area (Å²) in [4.78, 5) is 20.4. The van der Waals surface area contributed by atoms with Crippen molar-refractivity contribution in [3.8, 4) is 55.9 Å². The molecule has 0 aliphatic rings. The first kappa shape index (κ1) is 30.1. The molecule has 7 aromatic carbocycles. The van der Waals surface area contributed by atoms with E-state index < -0.39 is 0 Å². The summed E-state index contributed by atoms with van der Waals surface area (Å²) in [7, 11) is 0. The molecule has 0 bridgehead atoms. The van der Waals surface area contributed by atoms with Gasteiger partial charge < -0.3 is 4.42 Å². The van der Waals surface area contributed by atoms with Crippen molar-refractivity contribution in [2.24, 2.45) is 0 Å². The Hall–Kier alpha value is -6.54. The molecule has 0 amide bonds. The smallest absolute Gasteiger partial charge is 0.164 e. The van der Waals surface area contributed by atoms with Crippen LogP contribution in [0, 0.1) is 0 Å². The second-order valence-electron chi connectivity index (χ2n) is 13.0. The molecule has 0 saturated heterocycles. The number of hydrogen-bond donors (Lipinski definition) is 0. The van der Waals surface area contributed by atoms with Crippen molar-refractivity contribution in [3.63, 3.8) is 0 Å². The number of thiophene rings is 1. The average molecular weight is 715 g/mol. The van der Waals surface area contributed by atoms with Crippen molar-refractivity contribution in [2.45, 2.75) is 0 Å². The van der Waals surface area contributed by atoms with Gasteiger partial charge in [-0.05, 0) is 53.6 Å². The summed E-state index contributed by atoms with van der Waals surface area (Å²) in [6.07, 6.45) is 0. The zero-order valence-electron chi connectivity index (χ0n) is 28.0. The van der Waals surface area contributed by atoms with Gasteiger partial charge in [-0.2, -0.15) is 0 Å². The van der Waals surface area contributed by atoms with E-state index in [9.17, 15) is 0 Å². The molecule has 0 aliphatic carbocycles. The summed E-state index contributed by atoms with van der Waals surface area (Å²) in [5.41, 5.74) is 8.77. The third-order valence-electron chi connectivity index (χ3n) is 9.81. The van der Waals surface area contributed by atoms with E-state index in [2.05, 4.69) is 109 Å². The van der Waals surface area contributed by atoms with Crippen molar-refractivity contribution in [3.05, 3.63) is 158 Å². The van der Waals surface area contributed by atoms with Gasteiger partial charge in [0, 0.05) is 53.2 Å².